The molecule has 0 radical (unpaired) electrons. The largest absolute Gasteiger partial charge is 0.330 e. The molecule has 1 aliphatic heterocycles. The van der Waals surface area contributed by atoms with E-state index in [0.717, 1.165) is 12.0 Å². The molecule has 6 heteroatoms. The van der Waals surface area contributed by atoms with Crippen LogP contribution in [0.3, 0.4) is 0 Å². The zero-order chi connectivity index (χ0) is 20.7. The van der Waals surface area contributed by atoms with E-state index < -0.39 is 0 Å². The lowest BCUT2D eigenvalue weighted by Crippen LogP contribution is -2.40. The summed E-state index contributed by atoms with van der Waals surface area (Å²) in [5, 5.41) is 7.78. The van der Waals surface area contributed by atoms with Gasteiger partial charge in [0, 0.05) is 16.8 Å². The summed E-state index contributed by atoms with van der Waals surface area (Å²) in [6.07, 6.45) is 0.852. The Morgan fingerprint density at radius 3 is 2.60 bits per heavy atom. The number of aromatic nitrogens is 2. The van der Waals surface area contributed by atoms with Crippen LogP contribution in [0.5, 0.6) is 0 Å². The van der Waals surface area contributed by atoms with Crippen molar-refractivity contribution in [3.05, 3.63) is 98.1 Å². The van der Waals surface area contributed by atoms with Gasteiger partial charge in [-0.25, -0.2) is 4.68 Å². The van der Waals surface area contributed by atoms with Crippen LogP contribution in [0.2, 0.25) is 0 Å². The molecule has 1 atom stereocenters. The third-order valence-corrected chi connectivity index (χ3v) is 6.78. The van der Waals surface area contributed by atoms with Gasteiger partial charge in [0.15, 0.2) is 5.69 Å². The molecular formula is C24H21N3O2S. The topological polar surface area (TPSA) is 55.2 Å². The zero-order valence-electron chi connectivity index (χ0n) is 16.6. The summed E-state index contributed by atoms with van der Waals surface area (Å²) < 4.78 is 1.41. The van der Waals surface area contributed by atoms with E-state index in [4.69, 9.17) is 0 Å². The van der Waals surface area contributed by atoms with Crippen LogP contribution < -0.4 is 5.56 Å². The molecule has 0 saturated heterocycles. The fraction of sp³-hybridized carbons (Fsp3) is 0.208. The first-order valence-corrected chi connectivity index (χ1v) is 10.9. The van der Waals surface area contributed by atoms with Crippen LogP contribution in [0.1, 0.15) is 39.5 Å². The van der Waals surface area contributed by atoms with E-state index in [0.29, 0.717) is 29.6 Å². The predicted octanol–water partition coefficient (Wildman–Crippen LogP) is 4.27. The van der Waals surface area contributed by atoms with Gasteiger partial charge in [0.1, 0.15) is 0 Å². The summed E-state index contributed by atoms with van der Waals surface area (Å²) in [4.78, 5) is 29.9. The third kappa shape index (κ3) is 3.13. The molecule has 0 saturated carbocycles. The molecule has 2 aromatic heterocycles. The Hall–Kier alpha value is -3.25. The first-order valence-electron chi connectivity index (χ1n) is 10.0. The minimum atomic E-state index is -0.183. The van der Waals surface area contributed by atoms with Crippen LogP contribution in [0.4, 0.5) is 0 Å². The second-order valence-electron chi connectivity index (χ2n) is 7.57. The molecule has 0 fully saturated rings. The monoisotopic (exact) mass is 415 g/mol. The van der Waals surface area contributed by atoms with Gasteiger partial charge in [-0.05, 0) is 42.0 Å². The van der Waals surface area contributed by atoms with E-state index in [9.17, 15) is 9.59 Å². The molecular weight excluding hydrogens is 394 g/mol. The van der Waals surface area contributed by atoms with Crippen LogP contribution in [0, 0.1) is 0 Å². The first-order chi connectivity index (χ1) is 14.6. The van der Waals surface area contributed by atoms with Gasteiger partial charge in [-0.2, -0.15) is 5.10 Å². The second-order valence-corrected chi connectivity index (χ2v) is 8.57. The highest BCUT2D eigenvalue weighted by atomic mass is 32.1. The van der Waals surface area contributed by atoms with Crippen LogP contribution in [-0.2, 0) is 13.0 Å². The highest BCUT2D eigenvalue weighted by molar-refractivity contribution is 7.10. The Kier molecular flexibility index (Phi) is 4.71. The van der Waals surface area contributed by atoms with Gasteiger partial charge in [0.05, 0.1) is 18.0 Å². The van der Waals surface area contributed by atoms with Crippen molar-refractivity contribution in [1.82, 2.24) is 14.7 Å². The number of carbonyl (C=O) groups excluding carboxylic acids is 1. The molecule has 3 heterocycles. The van der Waals surface area contributed by atoms with E-state index in [1.807, 2.05) is 53.4 Å². The number of hydrogen-bond donors (Lipinski definition) is 0. The lowest BCUT2D eigenvalue weighted by atomic mass is 10.0. The standard InChI is InChI=1S/C24H21N3O2S/c1-16-18-12-14-30-21(18)11-13-26(16)24(29)22-19-9-5-6-10-20(19)23(28)27(25-22)15-17-7-3-2-4-8-17/h2-10,12,14,16H,11,13,15H2,1H3/t16-/m1/s1. The minimum Gasteiger partial charge on any atom is -0.330 e. The number of carbonyl (C=O) groups is 1. The number of benzene rings is 2. The lowest BCUT2D eigenvalue weighted by Gasteiger charge is -2.33. The van der Waals surface area contributed by atoms with Gasteiger partial charge in [0.25, 0.3) is 11.5 Å². The van der Waals surface area contributed by atoms with Crippen LogP contribution in [-0.4, -0.2) is 27.1 Å². The van der Waals surface area contributed by atoms with Crippen LogP contribution >= 0.6 is 11.3 Å². The number of amides is 1. The van der Waals surface area contributed by atoms with Gasteiger partial charge < -0.3 is 4.90 Å². The molecule has 30 heavy (non-hydrogen) atoms. The molecule has 0 N–H and O–H groups in total. The zero-order valence-corrected chi connectivity index (χ0v) is 17.4. The molecule has 150 valence electrons. The summed E-state index contributed by atoms with van der Waals surface area (Å²) in [6, 6.07) is 19.1. The number of rotatable bonds is 3. The van der Waals surface area contributed by atoms with Gasteiger partial charge in [-0.15, -0.1) is 11.3 Å². The fourth-order valence-electron chi connectivity index (χ4n) is 4.18. The summed E-state index contributed by atoms with van der Waals surface area (Å²) in [6.45, 7) is 3.04. The highest BCUT2D eigenvalue weighted by Crippen LogP contribution is 2.34. The second kappa shape index (κ2) is 7.54. The first kappa shape index (κ1) is 18.8. The number of thiophene rings is 1. The molecule has 1 amide bonds. The number of nitrogens with zero attached hydrogens (tertiary/aromatic N) is 3. The van der Waals surface area contributed by atoms with E-state index >= 15 is 0 Å². The van der Waals surface area contributed by atoms with Gasteiger partial charge >= 0.3 is 0 Å². The maximum Gasteiger partial charge on any atom is 0.275 e. The van der Waals surface area contributed by atoms with Crippen molar-refractivity contribution < 1.29 is 4.79 Å². The molecule has 0 spiro atoms. The quantitative estimate of drug-likeness (QED) is 0.502. The Morgan fingerprint density at radius 1 is 1.07 bits per heavy atom. The van der Waals surface area contributed by atoms with Crippen molar-refractivity contribution in [3.8, 4) is 0 Å². The molecule has 2 aromatic carbocycles. The summed E-state index contributed by atoms with van der Waals surface area (Å²) in [7, 11) is 0. The molecule has 0 aliphatic carbocycles. The molecule has 0 unspecified atom stereocenters. The summed E-state index contributed by atoms with van der Waals surface area (Å²) in [5.41, 5.74) is 2.33. The van der Waals surface area contributed by atoms with Gasteiger partial charge in [-0.1, -0.05) is 48.5 Å². The van der Waals surface area contributed by atoms with E-state index in [-0.39, 0.29) is 17.5 Å². The predicted molar refractivity (Wildman–Crippen MR) is 119 cm³/mol. The average molecular weight is 416 g/mol. The van der Waals surface area contributed by atoms with Crippen molar-refractivity contribution in [1.29, 1.82) is 0 Å². The third-order valence-electron chi connectivity index (χ3n) is 5.78. The van der Waals surface area contributed by atoms with Crippen molar-refractivity contribution in [3.63, 3.8) is 0 Å². The van der Waals surface area contributed by atoms with E-state index in [2.05, 4.69) is 23.5 Å². The average Bonchev–Trinajstić information content (AvgIpc) is 3.26. The highest BCUT2D eigenvalue weighted by Gasteiger charge is 2.31. The molecule has 5 nitrogen and oxygen atoms in total. The maximum atomic E-state index is 13.6. The van der Waals surface area contributed by atoms with E-state index in [1.165, 1.54) is 15.1 Å². The molecule has 0 bridgehead atoms. The minimum absolute atomic E-state index is 0.0115. The summed E-state index contributed by atoms with van der Waals surface area (Å²) >= 11 is 1.75. The van der Waals surface area contributed by atoms with Crippen molar-refractivity contribution in [2.24, 2.45) is 0 Å². The number of hydrogen-bond acceptors (Lipinski definition) is 4. The van der Waals surface area contributed by atoms with Crippen LogP contribution in [0.15, 0.2) is 70.8 Å². The Morgan fingerprint density at radius 2 is 1.80 bits per heavy atom. The van der Waals surface area contributed by atoms with Crippen molar-refractivity contribution >= 4 is 28.0 Å². The molecule has 1 aliphatic rings. The SMILES string of the molecule is C[C@@H]1c2ccsc2CCN1C(=O)c1nn(Cc2ccccc2)c(=O)c2ccccc12. The van der Waals surface area contributed by atoms with Crippen molar-refractivity contribution in [2.75, 3.05) is 6.54 Å². The van der Waals surface area contributed by atoms with Crippen LogP contribution in [0.25, 0.3) is 10.8 Å². The van der Waals surface area contributed by atoms with Crippen molar-refractivity contribution in [2.45, 2.75) is 25.9 Å². The number of fused-ring (bicyclic) bond motifs is 2. The molecule has 4 aromatic rings. The Balaban J connectivity index is 1.61. The molecule has 5 rings (SSSR count). The smallest absolute Gasteiger partial charge is 0.275 e. The lowest BCUT2D eigenvalue weighted by molar-refractivity contribution is 0.0673. The van der Waals surface area contributed by atoms with Gasteiger partial charge in [-0.3, -0.25) is 9.59 Å². The normalized spacial score (nSPS) is 15.9. The summed E-state index contributed by atoms with van der Waals surface area (Å²) in [5.74, 6) is -0.127. The Bertz CT molecular complexity index is 1290. The van der Waals surface area contributed by atoms with E-state index in [1.54, 1.807) is 17.4 Å². The maximum absolute atomic E-state index is 13.6. The fourth-order valence-corrected chi connectivity index (χ4v) is 5.14. The Labute approximate surface area is 178 Å². The van der Waals surface area contributed by atoms with Gasteiger partial charge in [0.2, 0.25) is 0 Å².